The Balaban J connectivity index is 2.21. The summed E-state index contributed by atoms with van der Waals surface area (Å²) in [5.74, 6) is 0. The summed E-state index contributed by atoms with van der Waals surface area (Å²) in [5, 5.41) is 12.6. The van der Waals surface area contributed by atoms with E-state index in [0.29, 0.717) is 15.5 Å². The quantitative estimate of drug-likeness (QED) is 0.875. The number of sulfonamides is 1. The average molecular weight is 346 g/mol. The summed E-state index contributed by atoms with van der Waals surface area (Å²) in [6.45, 7) is 3.11. The molecule has 0 unspecified atom stereocenters. The van der Waals surface area contributed by atoms with Gasteiger partial charge in [-0.25, -0.2) is 13.1 Å². The molecule has 0 saturated carbocycles. The molecular formula is C14H16ClNO3S2. The van der Waals surface area contributed by atoms with Crippen molar-refractivity contribution in [1.29, 1.82) is 0 Å². The minimum absolute atomic E-state index is 0.109. The Morgan fingerprint density at radius 2 is 2.05 bits per heavy atom. The topological polar surface area (TPSA) is 66.4 Å². The molecular weight excluding hydrogens is 330 g/mol. The summed E-state index contributed by atoms with van der Waals surface area (Å²) in [4.78, 5) is 0.824. The molecule has 2 rings (SSSR count). The molecule has 0 fully saturated rings. The predicted octanol–water partition coefficient (Wildman–Crippen LogP) is 2.90. The van der Waals surface area contributed by atoms with Gasteiger partial charge in [0, 0.05) is 16.4 Å². The number of nitrogens with one attached hydrogen (secondary N) is 1. The Labute approximate surface area is 133 Å². The standard InChI is InChI=1S/C14H16ClNO3S2/c1-10-11(15)5-3-6-12(10)21(18,19)16-9-14(2,17)13-7-4-8-20-13/h3-8,16-17H,9H2,1-2H3/t14-/m1/s1. The first-order valence-electron chi connectivity index (χ1n) is 6.25. The van der Waals surface area contributed by atoms with E-state index in [1.54, 1.807) is 32.0 Å². The number of halogens is 1. The summed E-state index contributed by atoms with van der Waals surface area (Å²) >= 11 is 7.33. The van der Waals surface area contributed by atoms with E-state index in [2.05, 4.69) is 4.72 Å². The Morgan fingerprint density at radius 3 is 2.67 bits per heavy atom. The zero-order chi connectivity index (χ0) is 15.7. The first kappa shape index (κ1) is 16.5. The SMILES string of the molecule is Cc1c(Cl)cccc1S(=O)(=O)NC[C@@](C)(O)c1cccs1. The first-order valence-corrected chi connectivity index (χ1v) is 8.99. The zero-order valence-corrected chi connectivity index (χ0v) is 14.0. The van der Waals surface area contributed by atoms with E-state index >= 15 is 0 Å². The molecule has 1 aromatic heterocycles. The Kier molecular flexibility index (Phi) is 4.75. The van der Waals surface area contributed by atoms with Crippen LogP contribution in [0.4, 0.5) is 0 Å². The molecule has 0 aliphatic carbocycles. The van der Waals surface area contributed by atoms with Crippen molar-refractivity contribution in [3.05, 3.63) is 51.2 Å². The van der Waals surface area contributed by atoms with E-state index in [1.807, 2.05) is 11.4 Å². The summed E-state index contributed by atoms with van der Waals surface area (Å²) in [6, 6.07) is 8.29. The van der Waals surface area contributed by atoms with Crippen molar-refractivity contribution < 1.29 is 13.5 Å². The molecule has 7 heteroatoms. The average Bonchev–Trinajstić information content (AvgIpc) is 2.94. The van der Waals surface area contributed by atoms with Gasteiger partial charge in [-0.2, -0.15) is 0 Å². The Hall–Kier alpha value is -0.920. The van der Waals surface area contributed by atoms with E-state index in [1.165, 1.54) is 17.4 Å². The maximum Gasteiger partial charge on any atom is 0.240 e. The summed E-state index contributed by atoms with van der Waals surface area (Å²) in [7, 11) is -3.73. The molecule has 0 radical (unpaired) electrons. The van der Waals surface area contributed by atoms with Crippen molar-refractivity contribution in [2.24, 2.45) is 0 Å². The van der Waals surface area contributed by atoms with Crippen molar-refractivity contribution in [1.82, 2.24) is 4.72 Å². The molecule has 0 aliphatic rings. The maximum absolute atomic E-state index is 12.3. The van der Waals surface area contributed by atoms with Gasteiger partial charge in [0.1, 0.15) is 5.60 Å². The number of hydrogen-bond donors (Lipinski definition) is 2. The van der Waals surface area contributed by atoms with Gasteiger partial charge in [0.2, 0.25) is 10.0 Å². The van der Waals surface area contributed by atoms with Crippen LogP contribution in [0, 0.1) is 6.92 Å². The lowest BCUT2D eigenvalue weighted by Crippen LogP contribution is -2.38. The van der Waals surface area contributed by atoms with Gasteiger partial charge in [0.15, 0.2) is 0 Å². The van der Waals surface area contributed by atoms with Crippen LogP contribution in [-0.4, -0.2) is 20.1 Å². The lowest BCUT2D eigenvalue weighted by Gasteiger charge is -2.22. The minimum Gasteiger partial charge on any atom is -0.383 e. The van der Waals surface area contributed by atoms with Crippen molar-refractivity contribution >= 4 is 33.0 Å². The van der Waals surface area contributed by atoms with Crippen molar-refractivity contribution in [2.75, 3.05) is 6.54 Å². The van der Waals surface area contributed by atoms with Gasteiger partial charge in [-0.15, -0.1) is 11.3 Å². The van der Waals surface area contributed by atoms with Crippen LogP contribution in [0.2, 0.25) is 5.02 Å². The number of benzene rings is 1. The third-order valence-corrected chi connectivity index (χ3v) is 6.24. The van der Waals surface area contributed by atoms with E-state index in [4.69, 9.17) is 11.6 Å². The second-order valence-corrected chi connectivity index (χ2v) is 8.03. The molecule has 114 valence electrons. The van der Waals surface area contributed by atoms with Gasteiger partial charge >= 0.3 is 0 Å². The fraction of sp³-hybridized carbons (Fsp3) is 0.286. The molecule has 1 atom stereocenters. The monoisotopic (exact) mass is 345 g/mol. The van der Waals surface area contributed by atoms with Crippen LogP contribution in [-0.2, 0) is 15.6 Å². The van der Waals surface area contributed by atoms with E-state index in [0.717, 1.165) is 0 Å². The van der Waals surface area contributed by atoms with E-state index in [-0.39, 0.29) is 11.4 Å². The molecule has 1 heterocycles. The van der Waals surface area contributed by atoms with Gasteiger partial charge in [-0.05, 0) is 43.0 Å². The van der Waals surface area contributed by atoms with Crippen LogP contribution in [0.1, 0.15) is 17.4 Å². The minimum atomic E-state index is -3.73. The van der Waals surface area contributed by atoms with Crippen LogP contribution in [0.3, 0.4) is 0 Å². The highest BCUT2D eigenvalue weighted by atomic mass is 35.5. The predicted molar refractivity (Wildman–Crippen MR) is 85.3 cm³/mol. The molecule has 2 N–H and O–H groups in total. The summed E-state index contributed by atoms with van der Waals surface area (Å²) < 4.78 is 27.1. The molecule has 0 spiro atoms. The third kappa shape index (κ3) is 3.64. The molecule has 0 amide bonds. The van der Waals surface area contributed by atoms with Crippen LogP contribution in [0.25, 0.3) is 0 Å². The van der Waals surface area contributed by atoms with Crippen LogP contribution in [0.5, 0.6) is 0 Å². The van der Waals surface area contributed by atoms with E-state index in [9.17, 15) is 13.5 Å². The van der Waals surface area contributed by atoms with Crippen LogP contribution >= 0.6 is 22.9 Å². The van der Waals surface area contributed by atoms with Gasteiger partial charge in [0.05, 0.1) is 4.90 Å². The van der Waals surface area contributed by atoms with Crippen LogP contribution < -0.4 is 4.72 Å². The van der Waals surface area contributed by atoms with Gasteiger partial charge in [-0.1, -0.05) is 23.7 Å². The molecule has 0 bridgehead atoms. The molecule has 0 aliphatic heterocycles. The lowest BCUT2D eigenvalue weighted by molar-refractivity contribution is 0.0666. The van der Waals surface area contributed by atoms with Crippen LogP contribution in [0.15, 0.2) is 40.6 Å². The molecule has 4 nitrogen and oxygen atoms in total. The molecule has 21 heavy (non-hydrogen) atoms. The largest absolute Gasteiger partial charge is 0.383 e. The summed E-state index contributed by atoms with van der Waals surface area (Å²) in [6.07, 6.45) is 0. The van der Waals surface area contributed by atoms with Crippen molar-refractivity contribution in [3.63, 3.8) is 0 Å². The van der Waals surface area contributed by atoms with Gasteiger partial charge in [0.25, 0.3) is 0 Å². The highest BCUT2D eigenvalue weighted by molar-refractivity contribution is 7.89. The number of thiophene rings is 1. The number of rotatable bonds is 5. The third-order valence-electron chi connectivity index (χ3n) is 3.17. The highest BCUT2D eigenvalue weighted by Crippen LogP contribution is 2.26. The van der Waals surface area contributed by atoms with Gasteiger partial charge < -0.3 is 5.11 Å². The lowest BCUT2D eigenvalue weighted by atomic mass is 10.1. The van der Waals surface area contributed by atoms with Crippen molar-refractivity contribution in [2.45, 2.75) is 24.3 Å². The molecule has 1 aromatic carbocycles. The molecule has 0 saturated heterocycles. The zero-order valence-electron chi connectivity index (χ0n) is 11.6. The number of hydrogen-bond acceptors (Lipinski definition) is 4. The second kappa shape index (κ2) is 6.06. The molecule has 2 aromatic rings. The van der Waals surface area contributed by atoms with E-state index < -0.39 is 15.6 Å². The first-order chi connectivity index (χ1) is 9.74. The van der Waals surface area contributed by atoms with Crippen molar-refractivity contribution in [3.8, 4) is 0 Å². The second-order valence-electron chi connectivity index (χ2n) is 4.94. The Bertz CT molecular complexity index is 725. The fourth-order valence-corrected chi connectivity index (χ4v) is 4.28. The normalized spacial score (nSPS) is 14.9. The highest BCUT2D eigenvalue weighted by Gasteiger charge is 2.27. The van der Waals surface area contributed by atoms with Gasteiger partial charge in [-0.3, -0.25) is 0 Å². The maximum atomic E-state index is 12.3. The smallest absolute Gasteiger partial charge is 0.240 e. The fourth-order valence-electron chi connectivity index (χ4n) is 1.86. The summed E-state index contributed by atoms with van der Waals surface area (Å²) in [5.41, 5.74) is -0.768. The number of aliphatic hydroxyl groups is 1. The Morgan fingerprint density at radius 1 is 1.33 bits per heavy atom.